The minimum Gasteiger partial charge on any atom is -0.0815 e. The second-order valence-electron chi connectivity index (χ2n) is 6.38. The molecular formula is C22H14I2. The highest BCUT2D eigenvalue weighted by Gasteiger charge is 2.30. The monoisotopic (exact) mass is 532 g/mol. The number of halogens is 2. The minimum absolute atomic E-state index is 0.129. The maximum absolute atomic E-state index is 2.60. The Labute approximate surface area is 168 Å². The van der Waals surface area contributed by atoms with Crippen LogP contribution in [0.5, 0.6) is 0 Å². The van der Waals surface area contributed by atoms with Gasteiger partial charge in [-0.2, -0.15) is 0 Å². The molecule has 0 unspecified atom stereocenters. The van der Waals surface area contributed by atoms with Crippen LogP contribution in [0.4, 0.5) is 0 Å². The van der Waals surface area contributed by atoms with E-state index < -0.39 is 0 Å². The molecule has 4 aromatic rings. The molecule has 0 heterocycles. The normalized spacial score (nSPS) is 15.9. The van der Waals surface area contributed by atoms with E-state index >= 15 is 0 Å². The van der Waals surface area contributed by atoms with Gasteiger partial charge in [0, 0.05) is 0 Å². The highest BCUT2D eigenvalue weighted by atomic mass is 127. The van der Waals surface area contributed by atoms with Crippen LogP contribution in [-0.4, -0.2) is 0 Å². The molecule has 0 N–H and O–H groups in total. The van der Waals surface area contributed by atoms with Crippen LogP contribution in [-0.2, 0) is 1.43 Å². The van der Waals surface area contributed by atoms with Crippen molar-refractivity contribution in [2.45, 2.75) is 7.85 Å². The van der Waals surface area contributed by atoms with Crippen LogP contribution in [0, 0.1) is 0 Å². The Morgan fingerprint density at radius 1 is 0.667 bits per heavy atom. The molecule has 0 nitrogen and oxygen atoms in total. The molecule has 0 saturated heterocycles. The van der Waals surface area contributed by atoms with Crippen molar-refractivity contribution >= 4 is 83.6 Å². The van der Waals surface area contributed by atoms with Crippen molar-refractivity contribution in [1.29, 1.82) is 0 Å². The fourth-order valence-electron chi connectivity index (χ4n) is 3.90. The van der Waals surface area contributed by atoms with E-state index in [1.54, 1.807) is 0 Å². The SMILES string of the molecule is IC1(I)CC=Cc2ccc3c(ccc4c5ccccc5ccc34)c21. The Bertz CT molecular complexity index is 1150. The summed E-state index contributed by atoms with van der Waals surface area (Å²) in [4.78, 5) is 0. The lowest BCUT2D eigenvalue weighted by molar-refractivity contribution is 0.971. The molecule has 1 aliphatic rings. The molecule has 0 fully saturated rings. The lowest BCUT2D eigenvalue weighted by atomic mass is 9.89. The number of hydrogen-bond acceptors (Lipinski definition) is 0. The van der Waals surface area contributed by atoms with Gasteiger partial charge in [0.25, 0.3) is 0 Å². The Morgan fingerprint density at radius 2 is 1.33 bits per heavy atom. The lowest BCUT2D eigenvalue weighted by Gasteiger charge is -2.27. The Balaban J connectivity index is 1.97. The molecule has 24 heavy (non-hydrogen) atoms. The van der Waals surface area contributed by atoms with Gasteiger partial charge in [-0.3, -0.25) is 0 Å². The van der Waals surface area contributed by atoms with Crippen LogP contribution in [0.1, 0.15) is 17.5 Å². The number of hydrogen-bond donors (Lipinski definition) is 0. The summed E-state index contributed by atoms with van der Waals surface area (Å²) in [5.41, 5.74) is 2.83. The van der Waals surface area contributed by atoms with E-state index in [-0.39, 0.29) is 1.43 Å². The second kappa shape index (κ2) is 5.43. The maximum Gasteiger partial charge on any atom is 0.103 e. The summed E-state index contributed by atoms with van der Waals surface area (Å²) >= 11 is 5.21. The van der Waals surface area contributed by atoms with Crippen molar-refractivity contribution in [3.05, 3.63) is 77.9 Å². The van der Waals surface area contributed by atoms with Crippen molar-refractivity contribution < 1.29 is 0 Å². The molecule has 0 aromatic heterocycles. The number of allylic oxidation sites excluding steroid dienone is 1. The molecular weight excluding hydrogens is 518 g/mol. The highest BCUT2D eigenvalue weighted by molar-refractivity contribution is 14.2. The summed E-state index contributed by atoms with van der Waals surface area (Å²) in [6.45, 7) is 0. The van der Waals surface area contributed by atoms with Gasteiger partial charge in [-0.15, -0.1) is 0 Å². The first kappa shape index (κ1) is 15.1. The average Bonchev–Trinajstić information content (AvgIpc) is 2.60. The molecule has 0 spiro atoms. The highest BCUT2D eigenvalue weighted by Crippen LogP contribution is 2.50. The maximum atomic E-state index is 2.60. The summed E-state index contributed by atoms with van der Waals surface area (Å²) in [6, 6.07) is 22.4. The Morgan fingerprint density at radius 3 is 2.25 bits per heavy atom. The number of alkyl halides is 2. The van der Waals surface area contributed by atoms with Gasteiger partial charge in [0.1, 0.15) is 1.43 Å². The van der Waals surface area contributed by atoms with Gasteiger partial charge in [-0.05, 0) is 49.9 Å². The third kappa shape index (κ3) is 2.15. The second-order valence-corrected chi connectivity index (χ2v) is 12.1. The molecule has 116 valence electrons. The lowest BCUT2D eigenvalue weighted by Crippen LogP contribution is -2.13. The molecule has 1 aliphatic carbocycles. The third-order valence-corrected chi connectivity index (χ3v) is 6.95. The van der Waals surface area contributed by atoms with Crippen LogP contribution < -0.4 is 0 Å². The predicted octanol–water partition coefficient (Wildman–Crippen LogP) is 7.59. The Kier molecular flexibility index (Phi) is 3.42. The van der Waals surface area contributed by atoms with Gasteiger partial charge in [-0.1, -0.05) is 118 Å². The molecule has 2 heteroatoms. The fourth-order valence-corrected chi connectivity index (χ4v) is 5.62. The van der Waals surface area contributed by atoms with Gasteiger partial charge in [0.2, 0.25) is 0 Å². The number of benzene rings is 4. The zero-order valence-corrected chi connectivity index (χ0v) is 17.2. The minimum atomic E-state index is 0.129. The van der Waals surface area contributed by atoms with E-state index in [1.165, 1.54) is 43.4 Å². The molecule has 0 aliphatic heterocycles. The van der Waals surface area contributed by atoms with Crippen LogP contribution >= 0.6 is 45.2 Å². The van der Waals surface area contributed by atoms with E-state index in [2.05, 4.69) is 118 Å². The number of rotatable bonds is 0. The topological polar surface area (TPSA) is 0 Å². The first-order valence-electron chi connectivity index (χ1n) is 8.07. The summed E-state index contributed by atoms with van der Waals surface area (Å²) in [6.07, 6.45) is 5.65. The van der Waals surface area contributed by atoms with Crippen molar-refractivity contribution in [1.82, 2.24) is 0 Å². The van der Waals surface area contributed by atoms with Gasteiger partial charge < -0.3 is 0 Å². The molecule has 0 atom stereocenters. The quantitative estimate of drug-likeness (QED) is 0.125. The fraction of sp³-hybridized carbons (Fsp3) is 0.0909. The predicted molar refractivity (Wildman–Crippen MR) is 122 cm³/mol. The first-order valence-corrected chi connectivity index (χ1v) is 10.2. The molecule has 0 amide bonds. The van der Waals surface area contributed by atoms with Crippen molar-refractivity contribution in [2.24, 2.45) is 0 Å². The smallest absolute Gasteiger partial charge is 0.0815 e. The standard InChI is InChI=1S/C22H14I2/c23-22(24)13-3-5-15-8-10-19-18-9-7-14-4-1-2-6-16(14)17(18)11-12-20(19)21(15)22/h1-12H,13H2. The van der Waals surface area contributed by atoms with Crippen molar-refractivity contribution in [3.63, 3.8) is 0 Å². The van der Waals surface area contributed by atoms with Crippen LogP contribution in [0.2, 0.25) is 0 Å². The van der Waals surface area contributed by atoms with Crippen molar-refractivity contribution in [3.8, 4) is 0 Å². The number of fused-ring (bicyclic) bond motifs is 7. The summed E-state index contributed by atoms with van der Waals surface area (Å²) < 4.78 is 0.129. The third-order valence-electron chi connectivity index (χ3n) is 4.99. The molecule has 0 radical (unpaired) electrons. The van der Waals surface area contributed by atoms with Gasteiger partial charge in [-0.25, -0.2) is 0 Å². The molecule has 4 aromatic carbocycles. The van der Waals surface area contributed by atoms with Crippen LogP contribution in [0.25, 0.3) is 38.4 Å². The van der Waals surface area contributed by atoms with Gasteiger partial charge in [0.15, 0.2) is 0 Å². The molecule has 0 bridgehead atoms. The van der Waals surface area contributed by atoms with E-state index in [4.69, 9.17) is 0 Å². The largest absolute Gasteiger partial charge is 0.103 e. The first-order chi connectivity index (χ1) is 11.6. The summed E-state index contributed by atoms with van der Waals surface area (Å²) in [5, 5.41) is 8.10. The van der Waals surface area contributed by atoms with Crippen LogP contribution in [0.15, 0.2) is 66.7 Å². The van der Waals surface area contributed by atoms with E-state index in [0.29, 0.717) is 0 Å². The zero-order chi connectivity index (χ0) is 16.3. The van der Waals surface area contributed by atoms with Gasteiger partial charge >= 0.3 is 0 Å². The summed E-state index contributed by atoms with van der Waals surface area (Å²) in [5.74, 6) is 0. The van der Waals surface area contributed by atoms with E-state index in [1.807, 2.05) is 0 Å². The van der Waals surface area contributed by atoms with Crippen LogP contribution in [0.3, 0.4) is 0 Å². The Hall–Kier alpha value is -1.14. The van der Waals surface area contributed by atoms with E-state index in [9.17, 15) is 0 Å². The molecule has 5 rings (SSSR count). The van der Waals surface area contributed by atoms with Gasteiger partial charge in [0.05, 0.1) is 0 Å². The zero-order valence-electron chi connectivity index (χ0n) is 12.9. The summed E-state index contributed by atoms with van der Waals surface area (Å²) in [7, 11) is 0. The van der Waals surface area contributed by atoms with Crippen molar-refractivity contribution in [2.75, 3.05) is 0 Å². The average molecular weight is 532 g/mol. The van der Waals surface area contributed by atoms with E-state index in [0.717, 1.165) is 6.42 Å². The molecule has 0 saturated carbocycles.